The highest BCUT2D eigenvalue weighted by molar-refractivity contribution is 7.99. The summed E-state index contributed by atoms with van der Waals surface area (Å²) in [6.45, 7) is 5.27. The van der Waals surface area contributed by atoms with Gasteiger partial charge in [-0.2, -0.15) is 0 Å². The molecule has 0 aliphatic heterocycles. The van der Waals surface area contributed by atoms with Crippen LogP contribution in [0.3, 0.4) is 0 Å². The molecule has 1 aliphatic rings. The maximum absolute atomic E-state index is 6.08. The van der Waals surface area contributed by atoms with Crippen LogP contribution in [0.2, 0.25) is 0 Å². The zero-order chi connectivity index (χ0) is 13.0. The SMILES string of the molecule is CC(C)Sc1ccc(C2(CN)CCCCC2)cc1. The summed E-state index contributed by atoms with van der Waals surface area (Å²) in [5.74, 6) is 0. The van der Waals surface area contributed by atoms with Crippen LogP contribution in [0.1, 0.15) is 51.5 Å². The monoisotopic (exact) mass is 263 g/mol. The van der Waals surface area contributed by atoms with Crippen molar-refractivity contribution < 1.29 is 0 Å². The van der Waals surface area contributed by atoms with Crippen molar-refractivity contribution in [2.24, 2.45) is 5.73 Å². The average Bonchev–Trinajstić information content (AvgIpc) is 2.39. The molecule has 0 atom stereocenters. The molecular formula is C16H25NS. The number of rotatable bonds is 4. The Balaban J connectivity index is 2.16. The van der Waals surface area contributed by atoms with Gasteiger partial charge in [0.05, 0.1) is 0 Å². The predicted octanol–water partition coefficient (Wildman–Crippen LogP) is 4.35. The van der Waals surface area contributed by atoms with Gasteiger partial charge in [-0.3, -0.25) is 0 Å². The molecule has 1 aromatic carbocycles. The van der Waals surface area contributed by atoms with E-state index >= 15 is 0 Å². The van der Waals surface area contributed by atoms with Crippen LogP contribution in [0.25, 0.3) is 0 Å². The summed E-state index contributed by atoms with van der Waals surface area (Å²) in [7, 11) is 0. The standard InChI is InChI=1S/C16H25NS/c1-13(2)18-15-8-6-14(7-9-15)16(12-17)10-4-3-5-11-16/h6-9,13H,3-5,10-12,17H2,1-2H3. The van der Waals surface area contributed by atoms with E-state index in [2.05, 4.69) is 38.1 Å². The maximum Gasteiger partial charge on any atom is 0.00755 e. The van der Waals surface area contributed by atoms with Crippen LogP contribution in [0.4, 0.5) is 0 Å². The lowest BCUT2D eigenvalue weighted by atomic mass is 9.69. The second-order valence-corrected chi connectivity index (χ2v) is 7.39. The van der Waals surface area contributed by atoms with E-state index in [1.165, 1.54) is 42.6 Å². The van der Waals surface area contributed by atoms with Crippen molar-refractivity contribution in [3.8, 4) is 0 Å². The number of hydrogen-bond acceptors (Lipinski definition) is 2. The summed E-state index contributed by atoms with van der Waals surface area (Å²) in [5, 5.41) is 0.647. The minimum Gasteiger partial charge on any atom is -0.330 e. The fraction of sp³-hybridized carbons (Fsp3) is 0.625. The van der Waals surface area contributed by atoms with Crippen molar-refractivity contribution in [3.63, 3.8) is 0 Å². The van der Waals surface area contributed by atoms with E-state index in [1.807, 2.05) is 11.8 Å². The van der Waals surface area contributed by atoms with Crippen LogP contribution in [0.15, 0.2) is 29.2 Å². The highest BCUT2D eigenvalue weighted by Crippen LogP contribution is 2.39. The molecule has 0 amide bonds. The molecule has 100 valence electrons. The van der Waals surface area contributed by atoms with Gasteiger partial charge in [-0.15, -0.1) is 11.8 Å². The molecule has 2 rings (SSSR count). The molecular weight excluding hydrogens is 238 g/mol. The fourth-order valence-corrected chi connectivity index (χ4v) is 3.84. The van der Waals surface area contributed by atoms with Crippen LogP contribution in [0, 0.1) is 0 Å². The third-order valence-corrected chi connectivity index (χ3v) is 5.06. The predicted molar refractivity (Wildman–Crippen MR) is 81.3 cm³/mol. The average molecular weight is 263 g/mol. The van der Waals surface area contributed by atoms with Gasteiger partial charge in [-0.05, 0) is 30.5 Å². The molecule has 0 spiro atoms. The zero-order valence-electron chi connectivity index (χ0n) is 11.6. The van der Waals surface area contributed by atoms with E-state index in [0.717, 1.165) is 6.54 Å². The number of hydrogen-bond donors (Lipinski definition) is 1. The molecule has 0 heterocycles. The molecule has 0 unspecified atom stereocenters. The molecule has 0 aromatic heterocycles. The summed E-state index contributed by atoms with van der Waals surface area (Å²) in [4.78, 5) is 1.37. The van der Waals surface area contributed by atoms with Gasteiger partial charge in [0, 0.05) is 22.1 Å². The van der Waals surface area contributed by atoms with Crippen LogP contribution in [-0.4, -0.2) is 11.8 Å². The summed E-state index contributed by atoms with van der Waals surface area (Å²) < 4.78 is 0. The van der Waals surface area contributed by atoms with Gasteiger partial charge in [0.15, 0.2) is 0 Å². The lowest BCUT2D eigenvalue weighted by Crippen LogP contribution is -2.37. The molecule has 1 fully saturated rings. The molecule has 2 heteroatoms. The normalized spacial score (nSPS) is 19.1. The minimum atomic E-state index is 0.263. The molecule has 18 heavy (non-hydrogen) atoms. The van der Waals surface area contributed by atoms with Crippen LogP contribution >= 0.6 is 11.8 Å². The van der Waals surface area contributed by atoms with Crippen molar-refractivity contribution in [2.45, 2.75) is 61.5 Å². The van der Waals surface area contributed by atoms with Gasteiger partial charge in [0.2, 0.25) is 0 Å². The molecule has 1 nitrogen and oxygen atoms in total. The Hall–Kier alpha value is -0.470. The Bertz CT molecular complexity index is 363. The maximum atomic E-state index is 6.08. The van der Waals surface area contributed by atoms with Gasteiger partial charge in [-0.25, -0.2) is 0 Å². The Kier molecular flexibility index (Phi) is 4.74. The highest BCUT2D eigenvalue weighted by Gasteiger charge is 2.32. The smallest absolute Gasteiger partial charge is 0.00755 e. The van der Waals surface area contributed by atoms with Gasteiger partial charge in [0.1, 0.15) is 0 Å². The Morgan fingerprint density at radius 1 is 1.11 bits per heavy atom. The fourth-order valence-electron chi connectivity index (χ4n) is 3.00. The van der Waals surface area contributed by atoms with Crippen molar-refractivity contribution >= 4 is 11.8 Å². The Morgan fingerprint density at radius 2 is 1.72 bits per heavy atom. The van der Waals surface area contributed by atoms with Crippen LogP contribution in [0.5, 0.6) is 0 Å². The van der Waals surface area contributed by atoms with E-state index in [9.17, 15) is 0 Å². The quantitative estimate of drug-likeness (QED) is 0.817. The summed E-state index contributed by atoms with van der Waals surface area (Å²) in [6.07, 6.45) is 6.57. The third kappa shape index (κ3) is 3.10. The lowest BCUT2D eigenvalue weighted by molar-refractivity contribution is 0.300. The van der Waals surface area contributed by atoms with E-state index in [-0.39, 0.29) is 5.41 Å². The molecule has 1 aromatic rings. The largest absolute Gasteiger partial charge is 0.330 e. The van der Waals surface area contributed by atoms with Crippen molar-refractivity contribution in [1.82, 2.24) is 0 Å². The zero-order valence-corrected chi connectivity index (χ0v) is 12.4. The van der Waals surface area contributed by atoms with Crippen molar-refractivity contribution in [3.05, 3.63) is 29.8 Å². The van der Waals surface area contributed by atoms with E-state index in [1.54, 1.807) is 0 Å². The molecule has 0 radical (unpaired) electrons. The molecule has 1 aliphatic carbocycles. The molecule has 0 bridgehead atoms. The van der Waals surface area contributed by atoms with Crippen LogP contribution in [-0.2, 0) is 5.41 Å². The highest BCUT2D eigenvalue weighted by atomic mass is 32.2. The first-order valence-electron chi connectivity index (χ1n) is 7.13. The Labute approximate surface area is 116 Å². The summed E-state index contributed by atoms with van der Waals surface area (Å²) in [6, 6.07) is 9.16. The van der Waals surface area contributed by atoms with Gasteiger partial charge >= 0.3 is 0 Å². The second-order valence-electron chi connectivity index (χ2n) is 5.74. The first-order chi connectivity index (χ1) is 8.66. The van der Waals surface area contributed by atoms with Gasteiger partial charge in [0.25, 0.3) is 0 Å². The van der Waals surface area contributed by atoms with E-state index < -0.39 is 0 Å². The third-order valence-electron chi connectivity index (χ3n) is 4.04. The lowest BCUT2D eigenvalue weighted by Gasteiger charge is -2.37. The van der Waals surface area contributed by atoms with Crippen LogP contribution < -0.4 is 5.73 Å². The first-order valence-corrected chi connectivity index (χ1v) is 8.01. The van der Waals surface area contributed by atoms with Gasteiger partial charge in [-0.1, -0.05) is 45.2 Å². The topological polar surface area (TPSA) is 26.0 Å². The summed E-state index contributed by atoms with van der Waals surface area (Å²) >= 11 is 1.93. The van der Waals surface area contributed by atoms with Crippen molar-refractivity contribution in [2.75, 3.05) is 6.54 Å². The number of nitrogens with two attached hydrogens (primary N) is 1. The molecule has 0 saturated heterocycles. The van der Waals surface area contributed by atoms with E-state index in [4.69, 9.17) is 5.73 Å². The first kappa shape index (κ1) is 14.0. The number of benzene rings is 1. The van der Waals surface area contributed by atoms with Gasteiger partial charge < -0.3 is 5.73 Å². The summed E-state index contributed by atoms with van der Waals surface area (Å²) in [5.41, 5.74) is 7.80. The van der Waals surface area contributed by atoms with Crippen molar-refractivity contribution in [1.29, 1.82) is 0 Å². The molecule has 1 saturated carbocycles. The van der Waals surface area contributed by atoms with E-state index in [0.29, 0.717) is 5.25 Å². The number of thioether (sulfide) groups is 1. The Morgan fingerprint density at radius 3 is 2.22 bits per heavy atom. The molecule has 2 N–H and O–H groups in total. The second kappa shape index (κ2) is 6.12. The minimum absolute atomic E-state index is 0.263.